The van der Waals surface area contributed by atoms with Crippen molar-refractivity contribution in [1.29, 1.82) is 0 Å². The lowest BCUT2D eigenvalue weighted by molar-refractivity contribution is -0.942. The smallest absolute Gasteiger partial charge is 0.303 e. The Morgan fingerprint density at radius 3 is 2.29 bits per heavy atom. The van der Waals surface area contributed by atoms with Gasteiger partial charge in [-0.1, -0.05) is 44.2 Å². The second-order valence-corrected chi connectivity index (χ2v) is 15.9. The van der Waals surface area contributed by atoms with Gasteiger partial charge in [-0.2, -0.15) is 0 Å². The SMILES string of the molecule is CC(=O)O[C@H]1[C@@H]([N+]2(C)CCOCC2)CC2C3CCC4C[C@@H]([N+](C)(C)Cc5ccccc5)CC[C@]4(C)C3CC[C@@]21C.[I-].[I-]. The van der Waals surface area contributed by atoms with Crippen LogP contribution in [0.2, 0.25) is 0 Å². The van der Waals surface area contributed by atoms with Crippen molar-refractivity contribution in [3.8, 4) is 0 Å². The summed E-state index contributed by atoms with van der Waals surface area (Å²) in [5, 5.41) is 0. The van der Waals surface area contributed by atoms with Crippen LogP contribution >= 0.6 is 0 Å². The van der Waals surface area contributed by atoms with E-state index in [0.29, 0.717) is 17.4 Å². The van der Waals surface area contributed by atoms with E-state index in [9.17, 15) is 4.79 Å². The van der Waals surface area contributed by atoms with E-state index in [2.05, 4.69) is 65.3 Å². The van der Waals surface area contributed by atoms with Crippen molar-refractivity contribution in [2.75, 3.05) is 47.4 Å². The van der Waals surface area contributed by atoms with E-state index >= 15 is 0 Å². The zero-order valence-electron chi connectivity index (χ0n) is 27.0. The summed E-state index contributed by atoms with van der Waals surface area (Å²) in [7, 11) is 7.36. The molecule has 0 amide bonds. The quantitative estimate of drug-likeness (QED) is 0.241. The van der Waals surface area contributed by atoms with Gasteiger partial charge in [-0.05, 0) is 67.6 Å². The Balaban J connectivity index is 0.00000202. The van der Waals surface area contributed by atoms with Crippen molar-refractivity contribution in [2.45, 2.75) is 96.9 Å². The molecule has 5 fully saturated rings. The fourth-order valence-corrected chi connectivity index (χ4v) is 11.1. The highest BCUT2D eigenvalue weighted by Crippen LogP contribution is 2.67. The number of nitrogens with zero attached hydrogens (tertiary/aromatic N) is 2. The van der Waals surface area contributed by atoms with Crippen LogP contribution in [0.1, 0.15) is 77.7 Å². The van der Waals surface area contributed by atoms with E-state index in [4.69, 9.17) is 9.47 Å². The molecule has 1 heterocycles. The van der Waals surface area contributed by atoms with Crippen molar-refractivity contribution >= 4 is 5.97 Å². The van der Waals surface area contributed by atoms with Gasteiger partial charge in [0, 0.05) is 30.7 Å². The third kappa shape index (κ3) is 6.09. The number of carbonyl (C=O) groups excluding carboxylic acids is 1. The van der Waals surface area contributed by atoms with Gasteiger partial charge >= 0.3 is 5.97 Å². The molecule has 238 valence electrons. The monoisotopic (exact) mass is 806 g/mol. The van der Waals surface area contributed by atoms with Gasteiger partial charge in [0.2, 0.25) is 0 Å². The molecule has 5 nitrogen and oxygen atoms in total. The number of hydrogen-bond donors (Lipinski definition) is 0. The first-order valence-electron chi connectivity index (χ1n) is 16.4. The maximum atomic E-state index is 12.4. The van der Waals surface area contributed by atoms with Gasteiger partial charge in [0.1, 0.15) is 25.7 Å². The van der Waals surface area contributed by atoms with Crippen LogP contribution in [-0.4, -0.2) is 80.6 Å². The van der Waals surface area contributed by atoms with Crippen LogP contribution in [-0.2, 0) is 20.8 Å². The molecule has 4 unspecified atom stereocenters. The molecule has 7 heteroatoms. The molecule has 42 heavy (non-hydrogen) atoms. The van der Waals surface area contributed by atoms with Gasteiger partial charge in [-0.3, -0.25) is 4.79 Å². The molecule has 1 aromatic carbocycles. The highest BCUT2D eigenvalue weighted by molar-refractivity contribution is 5.66. The molecule has 0 N–H and O–H groups in total. The van der Waals surface area contributed by atoms with Crippen LogP contribution in [0.5, 0.6) is 0 Å². The Morgan fingerprint density at radius 2 is 1.62 bits per heavy atom. The largest absolute Gasteiger partial charge is 1.00 e. The maximum absolute atomic E-state index is 12.4. The number of fused-ring (bicyclic) bond motifs is 5. The normalized spacial score (nSPS) is 40.8. The summed E-state index contributed by atoms with van der Waals surface area (Å²) in [6.07, 6.45) is 10.7. The summed E-state index contributed by atoms with van der Waals surface area (Å²) in [5.74, 6) is 3.01. The van der Waals surface area contributed by atoms with Gasteiger partial charge in [-0.15, -0.1) is 0 Å². The Labute approximate surface area is 290 Å². The fourth-order valence-electron chi connectivity index (χ4n) is 11.1. The summed E-state index contributed by atoms with van der Waals surface area (Å²) >= 11 is 0. The van der Waals surface area contributed by atoms with Crippen LogP contribution < -0.4 is 48.0 Å². The minimum Gasteiger partial charge on any atom is -1.00 e. The molecule has 0 spiro atoms. The number of quaternary nitrogens is 2. The number of likely N-dealkylation sites (N-methyl/N-ethyl adjacent to an activating group) is 1. The van der Waals surface area contributed by atoms with Crippen LogP contribution in [0, 0.1) is 34.5 Å². The van der Waals surface area contributed by atoms with Gasteiger partial charge in [-0.25, -0.2) is 0 Å². The van der Waals surface area contributed by atoms with Crippen molar-refractivity contribution in [3.63, 3.8) is 0 Å². The molecule has 5 aliphatic rings. The van der Waals surface area contributed by atoms with Gasteiger partial charge in [0.05, 0.1) is 40.4 Å². The average Bonchev–Trinajstić information content (AvgIpc) is 3.21. The average molecular weight is 807 g/mol. The van der Waals surface area contributed by atoms with Crippen LogP contribution in [0.3, 0.4) is 0 Å². The first-order valence-corrected chi connectivity index (χ1v) is 16.4. The fraction of sp³-hybridized carbons (Fsp3) is 0.800. The molecular formula is C35H56I2N2O3. The molecular weight excluding hydrogens is 750 g/mol. The second-order valence-electron chi connectivity index (χ2n) is 15.9. The molecule has 1 aromatic rings. The minimum atomic E-state index is -0.0934. The predicted octanol–water partition coefficient (Wildman–Crippen LogP) is 0.0693. The highest BCUT2D eigenvalue weighted by Gasteiger charge is 2.67. The summed E-state index contributed by atoms with van der Waals surface area (Å²) in [4.78, 5) is 12.4. The zero-order chi connectivity index (χ0) is 28.3. The van der Waals surface area contributed by atoms with Crippen molar-refractivity contribution in [3.05, 3.63) is 35.9 Å². The molecule has 0 radical (unpaired) electrons. The predicted molar refractivity (Wildman–Crippen MR) is 159 cm³/mol. The van der Waals surface area contributed by atoms with Gasteiger partial charge in [0.25, 0.3) is 0 Å². The number of ether oxygens (including phenoxy) is 2. The summed E-state index contributed by atoms with van der Waals surface area (Å²) < 4.78 is 14.2. The van der Waals surface area contributed by atoms with E-state index in [1.807, 2.05) is 0 Å². The molecule has 0 bridgehead atoms. The number of esters is 1. The number of benzene rings is 1. The van der Waals surface area contributed by atoms with E-state index < -0.39 is 0 Å². The summed E-state index contributed by atoms with van der Waals surface area (Å²) in [6, 6.07) is 12.3. The Hall–Kier alpha value is 0.0300. The lowest BCUT2D eigenvalue weighted by Crippen LogP contribution is -3.00. The topological polar surface area (TPSA) is 35.5 Å². The number of hydrogen-bond acceptors (Lipinski definition) is 3. The number of carbonyl (C=O) groups is 1. The van der Waals surface area contributed by atoms with Crippen LogP contribution in [0.25, 0.3) is 0 Å². The maximum Gasteiger partial charge on any atom is 0.303 e. The van der Waals surface area contributed by atoms with Gasteiger partial charge in [0.15, 0.2) is 6.10 Å². The Kier molecular flexibility index (Phi) is 10.8. The summed E-state index contributed by atoms with van der Waals surface area (Å²) in [6.45, 7) is 11.7. The lowest BCUT2D eigenvalue weighted by Gasteiger charge is -2.61. The van der Waals surface area contributed by atoms with E-state index in [1.165, 1.54) is 56.9 Å². The third-order valence-corrected chi connectivity index (χ3v) is 13.6. The molecule has 4 aliphatic carbocycles. The van der Waals surface area contributed by atoms with Crippen LogP contribution in [0.15, 0.2) is 30.3 Å². The number of halogens is 2. The zero-order valence-corrected chi connectivity index (χ0v) is 31.3. The van der Waals surface area contributed by atoms with Crippen molar-refractivity contribution < 1.29 is 71.2 Å². The van der Waals surface area contributed by atoms with E-state index in [0.717, 1.165) is 65.6 Å². The van der Waals surface area contributed by atoms with Crippen molar-refractivity contribution in [1.82, 2.24) is 0 Å². The summed E-state index contributed by atoms with van der Waals surface area (Å²) in [5.41, 5.74) is 2.03. The number of morpholine rings is 1. The lowest BCUT2D eigenvalue weighted by atomic mass is 9.45. The first-order chi connectivity index (χ1) is 19.0. The standard InChI is InChI=1S/C35H56N2O3.2HI/c1-25(38)40-33-32(37(6)18-20-39-21-19-37)23-31-29-13-12-27-22-28(36(4,5)24-26-10-8-7-9-11-26)14-16-34(27,2)30(29)15-17-35(31,33)3;;/h7-11,27-33H,12-24H2,1-6H3;2*1H/q+2;;/p-2/t27?,28-,29?,30?,31?,32-,33-,34-,35-;;/m0../s1. The number of rotatable bonds is 5. The van der Waals surface area contributed by atoms with Gasteiger partial charge < -0.3 is 66.4 Å². The Bertz CT molecular complexity index is 1080. The molecule has 0 aromatic heterocycles. The van der Waals surface area contributed by atoms with E-state index in [-0.39, 0.29) is 65.4 Å². The first kappa shape index (κ1) is 34.9. The molecule has 4 saturated carbocycles. The highest BCUT2D eigenvalue weighted by atomic mass is 127. The Morgan fingerprint density at radius 1 is 0.952 bits per heavy atom. The minimum absolute atomic E-state index is 0. The van der Waals surface area contributed by atoms with E-state index in [1.54, 1.807) is 6.92 Å². The molecule has 6 rings (SSSR count). The van der Waals surface area contributed by atoms with Crippen LogP contribution in [0.4, 0.5) is 0 Å². The molecule has 9 atom stereocenters. The third-order valence-electron chi connectivity index (χ3n) is 13.6. The van der Waals surface area contributed by atoms with Crippen molar-refractivity contribution in [2.24, 2.45) is 34.5 Å². The molecule has 1 saturated heterocycles. The second kappa shape index (κ2) is 13.0. The molecule has 1 aliphatic heterocycles.